The minimum Gasteiger partial charge on any atom is -0.354 e. The number of alkyl halides is 3. The number of aromatic nitrogens is 2. The predicted molar refractivity (Wildman–Crippen MR) is 113 cm³/mol. The largest absolute Gasteiger partial charge is 0.433 e. The molecule has 178 valence electrons. The molecule has 0 aromatic carbocycles. The van der Waals surface area contributed by atoms with Gasteiger partial charge in [-0.2, -0.15) is 18.2 Å². The first-order chi connectivity index (χ1) is 15.1. The van der Waals surface area contributed by atoms with E-state index in [0.29, 0.717) is 25.6 Å². The molecule has 0 bridgehead atoms. The number of nitrogens with one attached hydrogen (secondary N) is 2. The molecule has 0 saturated carbocycles. The molecule has 3 heterocycles. The third kappa shape index (κ3) is 6.44. The van der Waals surface area contributed by atoms with Crippen LogP contribution in [0.25, 0.3) is 0 Å². The summed E-state index contributed by atoms with van der Waals surface area (Å²) < 4.78 is 40.1. The third-order valence-corrected chi connectivity index (χ3v) is 5.45. The maximum Gasteiger partial charge on any atom is 0.433 e. The summed E-state index contributed by atoms with van der Waals surface area (Å²) in [7, 11) is 0. The van der Waals surface area contributed by atoms with Crippen LogP contribution in [0.1, 0.15) is 26.0 Å². The molecule has 1 aromatic heterocycles. The minimum absolute atomic E-state index is 0.0216. The van der Waals surface area contributed by atoms with E-state index in [4.69, 9.17) is 0 Å². The van der Waals surface area contributed by atoms with Gasteiger partial charge >= 0.3 is 6.18 Å². The maximum absolute atomic E-state index is 13.4. The van der Waals surface area contributed by atoms with Gasteiger partial charge in [-0.25, -0.2) is 4.98 Å². The van der Waals surface area contributed by atoms with Gasteiger partial charge in [0.15, 0.2) is 5.69 Å². The highest BCUT2D eigenvalue weighted by Gasteiger charge is 2.35. The van der Waals surface area contributed by atoms with Crippen molar-refractivity contribution in [3.8, 4) is 0 Å². The van der Waals surface area contributed by atoms with Gasteiger partial charge in [0.25, 0.3) is 0 Å². The van der Waals surface area contributed by atoms with Crippen molar-refractivity contribution in [2.75, 3.05) is 69.1 Å². The number of rotatable bonds is 7. The molecule has 9 nitrogen and oxygen atoms in total. The van der Waals surface area contributed by atoms with E-state index in [-0.39, 0.29) is 49.8 Å². The highest BCUT2D eigenvalue weighted by molar-refractivity contribution is 5.88. The van der Waals surface area contributed by atoms with Gasteiger partial charge < -0.3 is 25.3 Å². The number of carbonyl (C=O) groups excluding carboxylic acids is 2. The predicted octanol–water partition coefficient (Wildman–Crippen LogP) is 1.03. The number of carbonyl (C=O) groups is 2. The Kier molecular flexibility index (Phi) is 7.75. The van der Waals surface area contributed by atoms with Crippen molar-refractivity contribution in [1.82, 2.24) is 25.1 Å². The molecule has 32 heavy (non-hydrogen) atoms. The summed E-state index contributed by atoms with van der Waals surface area (Å²) in [5, 5.41) is 6.02. The summed E-state index contributed by atoms with van der Waals surface area (Å²) >= 11 is 0. The van der Waals surface area contributed by atoms with E-state index in [9.17, 15) is 22.8 Å². The molecule has 0 atom stereocenters. The SMILES string of the molecule is CC(C)CCNc1nc(N2CCN(CC(=O)N3CCNCC3)C(=O)C2)cc(C(F)(F)F)n1. The van der Waals surface area contributed by atoms with E-state index >= 15 is 0 Å². The first-order valence-electron chi connectivity index (χ1n) is 10.8. The summed E-state index contributed by atoms with van der Waals surface area (Å²) in [6.45, 7) is 7.45. The zero-order chi connectivity index (χ0) is 23.3. The molecule has 2 saturated heterocycles. The van der Waals surface area contributed by atoms with Gasteiger partial charge in [-0.3, -0.25) is 9.59 Å². The molecule has 2 N–H and O–H groups in total. The molecule has 0 aliphatic carbocycles. The molecule has 0 spiro atoms. The smallest absolute Gasteiger partial charge is 0.354 e. The molecule has 2 aliphatic heterocycles. The van der Waals surface area contributed by atoms with Gasteiger partial charge in [0.05, 0.1) is 13.1 Å². The highest BCUT2D eigenvalue weighted by atomic mass is 19.4. The summed E-state index contributed by atoms with van der Waals surface area (Å²) in [4.78, 5) is 37.6. The zero-order valence-electron chi connectivity index (χ0n) is 18.4. The lowest BCUT2D eigenvalue weighted by atomic mass is 10.1. The van der Waals surface area contributed by atoms with Crippen LogP contribution in [0.4, 0.5) is 24.9 Å². The number of anilines is 2. The van der Waals surface area contributed by atoms with Gasteiger partial charge in [0, 0.05) is 51.9 Å². The molecule has 12 heteroatoms. The lowest BCUT2D eigenvalue weighted by molar-refractivity contribution is -0.141. The van der Waals surface area contributed by atoms with E-state index in [2.05, 4.69) is 20.6 Å². The Bertz CT molecular complexity index is 813. The Labute approximate surface area is 185 Å². The maximum atomic E-state index is 13.4. The quantitative estimate of drug-likeness (QED) is 0.632. The van der Waals surface area contributed by atoms with E-state index < -0.39 is 11.9 Å². The fraction of sp³-hybridized carbons (Fsp3) is 0.700. The summed E-state index contributed by atoms with van der Waals surface area (Å²) in [6, 6.07) is 0.864. The fourth-order valence-electron chi connectivity index (χ4n) is 3.54. The molecule has 2 aliphatic rings. The molecular weight excluding hydrogens is 427 g/mol. The van der Waals surface area contributed by atoms with Crippen LogP contribution >= 0.6 is 0 Å². The first-order valence-corrected chi connectivity index (χ1v) is 10.8. The number of amides is 2. The summed E-state index contributed by atoms with van der Waals surface area (Å²) in [5.41, 5.74) is -1.06. The van der Waals surface area contributed by atoms with E-state index in [1.54, 1.807) is 4.90 Å². The molecule has 1 aromatic rings. The molecule has 2 fully saturated rings. The number of hydrogen-bond donors (Lipinski definition) is 2. The van der Waals surface area contributed by atoms with Gasteiger partial charge in [0.2, 0.25) is 17.8 Å². The van der Waals surface area contributed by atoms with Crippen LogP contribution in [0.2, 0.25) is 0 Å². The monoisotopic (exact) mass is 457 g/mol. The van der Waals surface area contributed by atoms with Crippen molar-refractivity contribution in [2.45, 2.75) is 26.4 Å². The Hall–Kier alpha value is -2.63. The number of halogens is 3. The first kappa shape index (κ1) is 24.0. The van der Waals surface area contributed by atoms with Crippen molar-refractivity contribution in [2.24, 2.45) is 5.92 Å². The Morgan fingerprint density at radius 1 is 1.19 bits per heavy atom. The zero-order valence-corrected chi connectivity index (χ0v) is 18.4. The summed E-state index contributed by atoms with van der Waals surface area (Å²) in [5.74, 6) is -0.130. The van der Waals surface area contributed by atoms with Crippen LogP contribution in [0.15, 0.2) is 6.07 Å². The second-order valence-electron chi connectivity index (χ2n) is 8.41. The Morgan fingerprint density at radius 3 is 2.53 bits per heavy atom. The Balaban J connectivity index is 1.67. The van der Waals surface area contributed by atoms with Crippen molar-refractivity contribution >= 4 is 23.6 Å². The average Bonchev–Trinajstić information content (AvgIpc) is 2.74. The van der Waals surface area contributed by atoms with E-state index in [0.717, 1.165) is 25.6 Å². The van der Waals surface area contributed by atoms with Gasteiger partial charge in [0.1, 0.15) is 5.82 Å². The standard InChI is InChI=1S/C20H30F3N7O2/c1-14(2)3-4-25-19-26-15(20(21,22)23)11-16(27-19)29-9-10-30(18(32)12-29)13-17(31)28-7-5-24-6-8-28/h11,14,24H,3-10,12-13H2,1-2H3,(H,25,26,27). The topological polar surface area (TPSA) is 93.7 Å². The third-order valence-electron chi connectivity index (χ3n) is 5.45. The minimum atomic E-state index is -4.63. The second-order valence-corrected chi connectivity index (χ2v) is 8.41. The molecular formula is C20H30F3N7O2. The van der Waals surface area contributed by atoms with E-state index in [1.807, 2.05) is 13.8 Å². The number of piperazine rings is 2. The van der Waals surface area contributed by atoms with Crippen molar-refractivity contribution in [3.63, 3.8) is 0 Å². The molecule has 0 unspecified atom stereocenters. The highest BCUT2D eigenvalue weighted by Crippen LogP contribution is 2.31. The molecule has 3 rings (SSSR count). The van der Waals surface area contributed by atoms with Crippen molar-refractivity contribution < 1.29 is 22.8 Å². The van der Waals surface area contributed by atoms with Crippen LogP contribution in [-0.4, -0.2) is 90.5 Å². The summed E-state index contributed by atoms with van der Waals surface area (Å²) in [6.07, 6.45) is -3.87. The molecule has 0 radical (unpaired) electrons. The van der Waals surface area contributed by atoms with Crippen LogP contribution in [0.5, 0.6) is 0 Å². The fourth-order valence-corrected chi connectivity index (χ4v) is 3.54. The van der Waals surface area contributed by atoms with Crippen LogP contribution in [0, 0.1) is 5.92 Å². The lowest BCUT2D eigenvalue weighted by Gasteiger charge is -2.36. The van der Waals surface area contributed by atoms with Crippen molar-refractivity contribution in [3.05, 3.63) is 11.8 Å². The Morgan fingerprint density at radius 2 is 1.91 bits per heavy atom. The normalized spacial score (nSPS) is 17.8. The molecule has 2 amide bonds. The second kappa shape index (κ2) is 10.3. The lowest BCUT2D eigenvalue weighted by Crippen LogP contribution is -2.55. The van der Waals surface area contributed by atoms with Crippen LogP contribution < -0.4 is 15.5 Å². The van der Waals surface area contributed by atoms with E-state index in [1.165, 1.54) is 9.80 Å². The van der Waals surface area contributed by atoms with Crippen molar-refractivity contribution in [1.29, 1.82) is 0 Å². The van der Waals surface area contributed by atoms with Gasteiger partial charge in [-0.05, 0) is 12.3 Å². The van der Waals surface area contributed by atoms with Gasteiger partial charge in [-0.1, -0.05) is 13.8 Å². The van der Waals surface area contributed by atoms with Gasteiger partial charge in [-0.15, -0.1) is 0 Å². The van der Waals surface area contributed by atoms with Crippen LogP contribution in [0.3, 0.4) is 0 Å². The number of nitrogens with zero attached hydrogens (tertiary/aromatic N) is 5. The average molecular weight is 458 g/mol. The van der Waals surface area contributed by atoms with Crippen LogP contribution in [-0.2, 0) is 15.8 Å². The number of hydrogen-bond acceptors (Lipinski definition) is 7.